The summed E-state index contributed by atoms with van der Waals surface area (Å²) in [4.78, 5) is 13.8. The van der Waals surface area contributed by atoms with Crippen molar-refractivity contribution in [1.82, 2.24) is 19.9 Å². The lowest BCUT2D eigenvalue weighted by atomic mass is 9.98. The van der Waals surface area contributed by atoms with Crippen molar-refractivity contribution in [3.63, 3.8) is 0 Å². The first-order valence-corrected chi connectivity index (χ1v) is 9.14. The van der Waals surface area contributed by atoms with E-state index in [0.717, 1.165) is 17.3 Å². The zero-order valence-corrected chi connectivity index (χ0v) is 16.0. The molecule has 2 heterocycles. The zero-order chi connectivity index (χ0) is 20.8. The van der Waals surface area contributed by atoms with E-state index in [1.165, 1.54) is 18.5 Å². The lowest BCUT2D eigenvalue weighted by molar-refractivity contribution is 0.495. The fourth-order valence-electron chi connectivity index (χ4n) is 2.98. The van der Waals surface area contributed by atoms with Gasteiger partial charge in [-0.25, -0.2) is 23.1 Å². The number of hydrogen-bond donors (Lipinski definition) is 2. The Labute approximate surface area is 166 Å². The van der Waals surface area contributed by atoms with Crippen molar-refractivity contribution in [2.24, 2.45) is 0 Å². The minimum atomic E-state index is -0.824. The molecule has 2 unspecified atom stereocenters. The van der Waals surface area contributed by atoms with Crippen LogP contribution in [0.25, 0.3) is 0 Å². The number of nitrogens with zero attached hydrogens (tertiary/aromatic N) is 2. The Hall–Kier alpha value is -3.35. The van der Waals surface area contributed by atoms with Gasteiger partial charge in [-0.15, -0.1) is 0 Å². The van der Waals surface area contributed by atoms with Crippen molar-refractivity contribution in [2.75, 3.05) is 0 Å². The topological polar surface area (TPSA) is 57.4 Å². The Bertz CT molecular complexity index is 1030. The standard InChI is InChI=1S/C11H10F2N2.C11H11FN2/c1-7(10-5-14-6-15-10)8-3-2-4-9(12)11(8)13;1-8(11-6-13-7-14-11)9-3-2-4-10(12)5-9/h2-7H,1H3,(H,14,15);2-8H,1H3,(H,13,14). The van der Waals surface area contributed by atoms with Crippen LogP contribution in [0.4, 0.5) is 13.2 Å². The van der Waals surface area contributed by atoms with Crippen LogP contribution in [-0.2, 0) is 0 Å². The highest BCUT2D eigenvalue weighted by Gasteiger charge is 2.16. The van der Waals surface area contributed by atoms with Crippen molar-refractivity contribution in [1.29, 1.82) is 0 Å². The Morgan fingerprint density at radius 1 is 0.793 bits per heavy atom. The quantitative estimate of drug-likeness (QED) is 0.474. The van der Waals surface area contributed by atoms with Gasteiger partial charge in [0.1, 0.15) is 5.82 Å². The second kappa shape index (κ2) is 9.23. The first-order chi connectivity index (χ1) is 14.0. The molecule has 0 amide bonds. The maximum atomic E-state index is 13.4. The monoisotopic (exact) mass is 398 g/mol. The second-order valence-electron chi connectivity index (χ2n) is 6.63. The molecule has 0 saturated carbocycles. The lowest BCUT2D eigenvalue weighted by Crippen LogP contribution is -2.01. The van der Waals surface area contributed by atoms with Gasteiger partial charge in [-0.2, -0.15) is 0 Å². The van der Waals surface area contributed by atoms with E-state index in [1.807, 2.05) is 19.2 Å². The number of H-pyrrole nitrogens is 2. The highest BCUT2D eigenvalue weighted by atomic mass is 19.2. The van der Waals surface area contributed by atoms with E-state index in [4.69, 9.17) is 0 Å². The largest absolute Gasteiger partial charge is 0.351 e. The number of benzene rings is 2. The minimum Gasteiger partial charge on any atom is -0.351 e. The van der Waals surface area contributed by atoms with Gasteiger partial charge in [0, 0.05) is 24.2 Å². The maximum Gasteiger partial charge on any atom is 0.162 e. The molecule has 0 radical (unpaired) electrons. The third kappa shape index (κ3) is 4.93. The number of aromatic amines is 2. The number of imidazole rings is 2. The van der Waals surface area contributed by atoms with Gasteiger partial charge in [-0.1, -0.05) is 38.1 Å². The number of halogens is 3. The van der Waals surface area contributed by atoms with Gasteiger partial charge >= 0.3 is 0 Å². The van der Waals surface area contributed by atoms with E-state index < -0.39 is 11.6 Å². The summed E-state index contributed by atoms with van der Waals surface area (Å²) < 4.78 is 39.3. The predicted molar refractivity (Wildman–Crippen MR) is 105 cm³/mol. The molecule has 29 heavy (non-hydrogen) atoms. The Morgan fingerprint density at radius 2 is 1.41 bits per heavy atom. The van der Waals surface area contributed by atoms with Gasteiger partial charge in [0.15, 0.2) is 11.6 Å². The van der Waals surface area contributed by atoms with E-state index in [1.54, 1.807) is 37.6 Å². The van der Waals surface area contributed by atoms with Crippen LogP contribution in [0.1, 0.15) is 48.2 Å². The molecule has 0 saturated heterocycles. The molecular weight excluding hydrogens is 377 g/mol. The van der Waals surface area contributed by atoms with Gasteiger partial charge in [0.2, 0.25) is 0 Å². The normalized spacial score (nSPS) is 12.7. The minimum absolute atomic E-state index is 0.122. The predicted octanol–water partition coefficient (Wildman–Crippen LogP) is 5.54. The smallest absolute Gasteiger partial charge is 0.162 e. The van der Waals surface area contributed by atoms with E-state index in [0.29, 0.717) is 11.3 Å². The summed E-state index contributed by atoms with van der Waals surface area (Å²) >= 11 is 0. The molecular formula is C22H21F3N4. The van der Waals surface area contributed by atoms with E-state index in [-0.39, 0.29) is 17.7 Å². The molecule has 4 nitrogen and oxygen atoms in total. The van der Waals surface area contributed by atoms with E-state index in [9.17, 15) is 13.2 Å². The van der Waals surface area contributed by atoms with Gasteiger partial charge < -0.3 is 9.97 Å². The van der Waals surface area contributed by atoms with Crippen molar-refractivity contribution < 1.29 is 13.2 Å². The molecule has 0 spiro atoms. The molecule has 150 valence electrons. The first kappa shape index (κ1) is 20.4. The number of nitrogens with one attached hydrogen (secondary N) is 2. The average molecular weight is 398 g/mol. The van der Waals surface area contributed by atoms with Crippen LogP contribution in [0.5, 0.6) is 0 Å². The molecule has 7 heteroatoms. The first-order valence-electron chi connectivity index (χ1n) is 9.14. The second-order valence-corrected chi connectivity index (χ2v) is 6.63. The average Bonchev–Trinajstić information content (AvgIpc) is 3.44. The van der Waals surface area contributed by atoms with Crippen LogP contribution in [0.3, 0.4) is 0 Å². The Balaban J connectivity index is 0.000000166. The fraction of sp³-hybridized carbons (Fsp3) is 0.182. The highest BCUT2D eigenvalue weighted by molar-refractivity contribution is 5.29. The highest BCUT2D eigenvalue weighted by Crippen LogP contribution is 2.25. The molecule has 4 rings (SSSR count). The summed E-state index contributed by atoms with van der Waals surface area (Å²) in [5, 5.41) is 0. The van der Waals surface area contributed by atoms with Gasteiger partial charge in [0.25, 0.3) is 0 Å². The van der Waals surface area contributed by atoms with Gasteiger partial charge in [0.05, 0.1) is 24.0 Å². The molecule has 2 aromatic carbocycles. The van der Waals surface area contributed by atoms with Crippen LogP contribution in [0.15, 0.2) is 67.5 Å². The molecule has 2 aromatic heterocycles. The van der Waals surface area contributed by atoms with Crippen LogP contribution >= 0.6 is 0 Å². The summed E-state index contributed by atoms with van der Waals surface area (Å²) in [7, 11) is 0. The molecule has 0 bridgehead atoms. The molecule has 0 aliphatic heterocycles. The van der Waals surface area contributed by atoms with E-state index >= 15 is 0 Å². The van der Waals surface area contributed by atoms with Crippen LogP contribution in [0.2, 0.25) is 0 Å². The molecule has 0 aliphatic rings. The van der Waals surface area contributed by atoms with Crippen molar-refractivity contribution in [3.05, 3.63) is 107 Å². The molecule has 4 aromatic rings. The summed E-state index contributed by atoms with van der Waals surface area (Å²) in [5.74, 6) is -1.96. The number of aromatic nitrogens is 4. The fourth-order valence-corrected chi connectivity index (χ4v) is 2.98. The molecule has 2 atom stereocenters. The van der Waals surface area contributed by atoms with Crippen molar-refractivity contribution in [2.45, 2.75) is 25.7 Å². The third-order valence-electron chi connectivity index (χ3n) is 4.72. The Kier molecular flexibility index (Phi) is 6.49. The summed E-state index contributed by atoms with van der Waals surface area (Å²) in [6.07, 6.45) is 6.65. The molecule has 0 aliphatic carbocycles. The van der Waals surface area contributed by atoms with Crippen molar-refractivity contribution >= 4 is 0 Å². The maximum absolute atomic E-state index is 13.4. The van der Waals surface area contributed by atoms with Crippen LogP contribution < -0.4 is 0 Å². The lowest BCUT2D eigenvalue weighted by Gasteiger charge is -2.10. The third-order valence-corrected chi connectivity index (χ3v) is 4.72. The molecule has 2 N–H and O–H groups in total. The molecule has 0 fully saturated rings. The summed E-state index contributed by atoms with van der Waals surface area (Å²) in [5.41, 5.74) is 2.88. The summed E-state index contributed by atoms with van der Waals surface area (Å²) in [6, 6.07) is 10.8. The summed E-state index contributed by atoms with van der Waals surface area (Å²) in [6.45, 7) is 3.79. The Morgan fingerprint density at radius 3 is 2.00 bits per heavy atom. The van der Waals surface area contributed by atoms with E-state index in [2.05, 4.69) is 19.9 Å². The number of rotatable bonds is 4. The van der Waals surface area contributed by atoms with Gasteiger partial charge in [-0.3, -0.25) is 0 Å². The number of hydrogen-bond acceptors (Lipinski definition) is 2. The zero-order valence-electron chi connectivity index (χ0n) is 16.0. The SMILES string of the molecule is CC(c1c[nH]cn1)c1cccc(F)c1F.CC(c1cccc(F)c1)c1c[nH]cn1. The van der Waals surface area contributed by atoms with Crippen LogP contribution in [0, 0.1) is 17.5 Å². The van der Waals surface area contributed by atoms with Crippen molar-refractivity contribution in [3.8, 4) is 0 Å². The van der Waals surface area contributed by atoms with Crippen LogP contribution in [-0.4, -0.2) is 19.9 Å². The van der Waals surface area contributed by atoms with Gasteiger partial charge in [-0.05, 0) is 29.3 Å².